The van der Waals surface area contributed by atoms with Gasteiger partial charge in [-0.05, 0) is 54.8 Å². The lowest BCUT2D eigenvalue weighted by molar-refractivity contribution is -0.138. The first-order valence-electron chi connectivity index (χ1n) is 11.7. The molecule has 0 radical (unpaired) electrons. The van der Waals surface area contributed by atoms with E-state index in [-0.39, 0.29) is 17.4 Å². The van der Waals surface area contributed by atoms with Crippen molar-refractivity contribution in [3.05, 3.63) is 71.3 Å². The summed E-state index contributed by atoms with van der Waals surface area (Å²) in [7, 11) is -3.74. The first-order chi connectivity index (χ1) is 17.8. The van der Waals surface area contributed by atoms with Crippen molar-refractivity contribution < 1.29 is 18.3 Å². The third-order valence-corrected chi connectivity index (χ3v) is 9.01. The van der Waals surface area contributed by atoms with Gasteiger partial charge in [0, 0.05) is 48.1 Å². The van der Waals surface area contributed by atoms with Crippen molar-refractivity contribution in [3.63, 3.8) is 0 Å². The van der Waals surface area contributed by atoms with E-state index >= 15 is 0 Å². The highest BCUT2D eigenvalue weighted by Gasteiger charge is 2.33. The van der Waals surface area contributed by atoms with E-state index in [1.54, 1.807) is 34.5 Å². The fourth-order valence-electron chi connectivity index (χ4n) is 4.64. The first kappa shape index (κ1) is 25.5. The Morgan fingerprint density at radius 2 is 2.00 bits per heavy atom. The van der Waals surface area contributed by atoms with Gasteiger partial charge in [0.1, 0.15) is 6.04 Å². The molecule has 2 atom stereocenters. The molecular formula is C25H26ClN5O4S2. The summed E-state index contributed by atoms with van der Waals surface area (Å²) in [6.45, 7) is 3.08. The summed E-state index contributed by atoms with van der Waals surface area (Å²) in [5.74, 6) is -0.0779. The Morgan fingerprint density at radius 3 is 2.70 bits per heavy atom. The van der Waals surface area contributed by atoms with Crippen molar-refractivity contribution in [1.82, 2.24) is 14.5 Å². The Bertz CT molecular complexity index is 1510. The van der Waals surface area contributed by atoms with Crippen molar-refractivity contribution in [2.75, 3.05) is 35.9 Å². The molecule has 4 aromatic rings. The van der Waals surface area contributed by atoms with Gasteiger partial charge in [0.05, 0.1) is 23.1 Å². The number of aliphatic hydroxyl groups excluding tert-OH is 1. The lowest BCUT2D eigenvalue weighted by atomic mass is 10.1. The molecule has 3 heterocycles. The maximum atomic E-state index is 13.5. The number of nitrogens with zero attached hydrogens (tertiary/aromatic N) is 4. The monoisotopic (exact) mass is 559 g/mol. The maximum absolute atomic E-state index is 13.5. The van der Waals surface area contributed by atoms with Crippen LogP contribution in [0, 0.1) is 0 Å². The summed E-state index contributed by atoms with van der Waals surface area (Å²) in [4.78, 5) is 21.4. The van der Waals surface area contributed by atoms with Gasteiger partial charge in [0.15, 0.2) is 5.13 Å². The molecule has 37 heavy (non-hydrogen) atoms. The molecule has 1 aliphatic heterocycles. The number of rotatable bonds is 7. The number of hydrogen-bond donors (Lipinski definition) is 2. The molecular weight excluding hydrogens is 534 g/mol. The summed E-state index contributed by atoms with van der Waals surface area (Å²) in [5, 5.41) is 13.7. The fourth-order valence-corrected chi connectivity index (χ4v) is 6.59. The zero-order chi connectivity index (χ0) is 26.2. The standard InChI is InChI=1S/C25H26ClN5O4S2/c1-17(30-10-8-18-2-3-19(26)14-23(18)30)24(33)31-12-11-29(15-21(31)16-32)20-4-6-22(7-5-20)37(34,35)28-25-27-9-13-36-25/h2-10,13-14,17,21,32H,11-12,15-16H2,1H3,(H,27,28)/t17-,21-/m1/s1. The summed E-state index contributed by atoms with van der Waals surface area (Å²) >= 11 is 7.38. The van der Waals surface area contributed by atoms with E-state index in [9.17, 15) is 18.3 Å². The number of carbonyl (C=O) groups is 1. The number of hydrogen-bond acceptors (Lipinski definition) is 7. The number of aromatic nitrogens is 2. The Morgan fingerprint density at radius 1 is 1.22 bits per heavy atom. The van der Waals surface area contributed by atoms with Crippen LogP contribution in [-0.2, 0) is 14.8 Å². The zero-order valence-corrected chi connectivity index (χ0v) is 22.4. The molecule has 1 saturated heterocycles. The molecule has 1 fully saturated rings. The number of aliphatic hydroxyl groups is 1. The van der Waals surface area contributed by atoms with Crippen LogP contribution in [0.1, 0.15) is 13.0 Å². The minimum atomic E-state index is -3.74. The molecule has 1 aliphatic rings. The number of amides is 1. The molecule has 2 N–H and O–H groups in total. The second-order valence-electron chi connectivity index (χ2n) is 8.85. The average Bonchev–Trinajstić information content (AvgIpc) is 3.57. The summed E-state index contributed by atoms with van der Waals surface area (Å²) in [6.07, 6.45) is 3.41. The van der Waals surface area contributed by atoms with Crippen LogP contribution in [0.4, 0.5) is 10.8 Å². The molecule has 194 valence electrons. The van der Waals surface area contributed by atoms with Crippen LogP contribution < -0.4 is 9.62 Å². The predicted octanol–water partition coefficient (Wildman–Crippen LogP) is 3.82. The lowest BCUT2D eigenvalue weighted by Gasteiger charge is -2.42. The van der Waals surface area contributed by atoms with E-state index < -0.39 is 22.1 Å². The van der Waals surface area contributed by atoms with E-state index in [0.29, 0.717) is 29.8 Å². The number of fused-ring (bicyclic) bond motifs is 1. The Labute approximate surface area is 224 Å². The number of anilines is 2. The molecule has 0 saturated carbocycles. The van der Waals surface area contributed by atoms with E-state index in [1.807, 2.05) is 46.9 Å². The third kappa shape index (κ3) is 5.17. The SMILES string of the molecule is C[C@H](C(=O)N1CCN(c2ccc(S(=O)(=O)Nc3nccs3)cc2)C[C@@H]1CO)n1ccc2ccc(Cl)cc21. The van der Waals surface area contributed by atoms with Gasteiger partial charge in [0.2, 0.25) is 5.91 Å². The van der Waals surface area contributed by atoms with Crippen LogP contribution >= 0.6 is 22.9 Å². The maximum Gasteiger partial charge on any atom is 0.263 e. The van der Waals surface area contributed by atoms with Crippen LogP contribution in [0.25, 0.3) is 10.9 Å². The van der Waals surface area contributed by atoms with Gasteiger partial charge in [-0.1, -0.05) is 17.7 Å². The van der Waals surface area contributed by atoms with Gasteiger partial charge >= 0.3 is 0 Å². The molecule has 2 aromatic carbocycles. The van der Waals surface area contributed by atoms with Gasteiger partial charge in [-0.3, -0.25) is 9.52 Å². The molecule has 9 nitrogen and oxygen atoms in total. The van der Waals surface area contributed by atoms with Gasteiger partial charge in [-0.2, -0.15) is 0 Å². The van der Waals surface area contributed by atoms with Crippen LogP contribution in [0.15, 0.2) is 71.2 Å². The van der Waals surface area contributed by atoms with E-state index in [4.69, 9.17) is 11.6 Å². The second kappa shape index (κ2) is 10.3. The van der Waals surface area contributed by atoms with Gasteiger partial charge in [-0.15, -0.1) is 11.3 Å². The van der Waals surface area contributed by atoms with Crippen LogP contribution in [-0.4, -0.2) is 66.2 Å². The number of piperazine rings is 1. The number of carbonyl (C=O) groups excluding carboxylic acids is 1. The van der Waals surface area contributed by atoms with Crippen molar-refractivity contribution in [2.24, 2.45) is 0 Å². The quantitative estimate of drug-likeness (QED) is 0.356. The largest absolute Gasteiger partial charge is 0.394 e. The van der Waals surface area contributed by atoms with Gasteiger partial charge in [-0.25, -0.2) is 13.4 Å². The number of nitrogens with one attached hydrogen (secondary N) is 1. The molecule has 0 bridgehead atoms. The number of sulfonamides is 1. The van der Waals surface area contributed by atoms with E-state index in [0.717, 1.165) is 16.6 Å². The summed E-state index contributed by atoms with van der Waals surface area (Å²) in [5.41, 5.74) is 1.70. The molecule has 2 aromatic heterocycles. The summed E-state index contributed by atoms with van der Waals surface area (Å²) < 4.78 is 29.6. The third-order valence-electron chi connectivity index (χ3n) is 6.60. The zero-order valence-electron chi connectivity index (χ0n) is 20.0. The lowest BCUT2D eigenvalue weighted by Crippen LogP contribution is -2.57. The highest BCUT2D eigenvalue weighted by atomic mass is 35.5. The second-order valence-corrected chi connectivity index (χ2v) is 11.9. The molecule has 1 amide bonds. The Kier molecular flexibility index (Phi) is 7.13. The highest BCUT2D eigenvalue weighted by molar-refractivity contribution is 7.93. The van der Waals surface area contributed by atoms with Gasteiger partial charge < -0.3 is 19.5 Å². The minimum absolute atomic E-state index is 0.0779. The highest BCUT2D eigenvalue weighted by Crippen LogP contribution is 2.27. The Hall–Kier alpha value is -3.12. The van der Waals surface area contributed by atoms with Crippen molar-refractivity contribution in [2.45, 2.75) is 23.9 Å². The number of benzene rings is 2. The summed E-state index contributed by atoms with van der Waals surface area (Å²) in [6, 6.07) is 13.2. The van der Waals surface area contributed by atoms with Crippen LogP contribution in [0.2, 0.25) is 5.02 Å². The topological polar surface area (TPSA) is 108 Å². The molecule has 0 aliphatic carbocycles. The number of halogens is 1. The van der Waals surface area contributed by atoms with Crippen LogP contribution in [0.3, 0.4) is 0 Å². The predicted molar refractivity (Wildman–Crippen MR) is 146 cm³/mol. The number of thiazole rings is 1. The normalized spacial score (nSPS) is 17.2. The molecule has 5 rings (SSSR count). The van der Waals surface area contributed by atoms with Crippen LogP contribution in [0.5, 0.6) is 0 Å². The van der Waals surface area contributed by atoms with E-state index in [2.05, 4.69) is 9.71 Å². The van der Waals surface area contributed by atoms with Gasteiger partial charge in [0.25, 0.3) is 10.0 Å². The molecule has 12 heteroatoms. The fraction of sp³-hybridized carbons (Fsp3) is 0.280. The minimum Gasteiger partial charge on any atom is -0.394 e. The first-order valence-corrected chi connectivity index (χ1v) is 14.5. The van der Waals surface area contributed by atoms with Crippen molar-refractivity contribution in [3.8, 4) is 0 Å². The Balaban J connectivity index is 1.28. The molecule has 0 unspecified atom stereocenters. The van der Waals surface area contributed by atoms with Crippen molar-refractivity contribution in [1.29, 1.82) is 0 Å². The van der Waals surface area contributed by atoms with Crippen molar-refractivity contribution >= 4 is 60.6 Å². The smallest absolute Gasteiger partial charge is 0.263 e. The van der Waals surface area contributed by atoms with E-state index in [1.165, 1.54) is 17.5 Å². The molecule has 0 spiro atoms. The average molecular weight is 560 g/mol.